The molecule has 2 aliphatic carbocycles. The van der Waals surface area contributed by atoms with Gasteiger partial charge in [-0.3, -0.25) is 29.3 Å². The number of ether oxygens (including phenoxy) is 1. The number of rotatable bonds is 3. The largest absolute Gasteiger partial charge is 0.348 e. The van der Waals surface area contributed by atoms with E-state index in [1.54, 1.807) is 48.5 Å². The standard InChI is InChI=1S/C32H18BrNO7/c33-19-14-12-17(13-15-19)30-31(26(35)21-8-1-2-9-22(21)27(31)36)25(18-6-5-7-20(16-18)34(39)40)32(41-30)28(37)23-10-3-4-11-24(23)29(32)38/h1-16,25,30H. The lowest BCUT2D eigenvalue weighted by molar-refractivity contribution is -0.384. The highest BCUT2D eigenvalue weighted by molar-refractivity contribution is 9.10. The summed E-state index contributed by atoms with van der Waals surface area (Å²) in [7, 11) is 0. The summed E-state index contributed by atoms with van der Waals surface area (Å²) in [5, 5.41) is 11.8. The summed E-state index contributed by atoms with van der Waals surface area (Å²) in [6, 6.07) is 24.7. The number of hydrogen-bond acceptors (Lipinski definition) is 7. The number of nitro benzene ring substituents is 1. The van der Waals surface area contributed by atoms with Crippen LogP contribution in [-0.2, 0) is 4.74 Å². The van der Waals surface area contributed by atoms with E-state index in [9.17, 15) is 29.3 Å². The number of halogens is 1. The number of nitro groups is 1. The molecular formula is C32H18BrNO7. The zero-order valence-corrected chi connectivity index (χ0v) is 22.7. The molecule has 2 spiro atoms. The first-order valence-electron chi connectivity index (χ1n) is 12.8. The van der Waals surface area contributed by atoms with E-state index in [0.29, 0.717) is 5.56 Å². The van der Waals surface area contributed by atoms with Gasteiger partial charge in [-0.05, 0) is 23.3 Å². The van der Waals surface area contributed by atoms with Gasteiger partial charge in [0, 0.05) is 38.9 Å². The highest BCUT2D eigenvalue weighted by atomic mass is 79.9. The first kappa shape index (κ1) is 25.4. The first-order chi connectivity index (χ1) is 19.7. The molecule has 4 aromatic carbocycles. The molecule has 0 bridgehead atoms. The zero-order chi connectivity index (χ0) is 28.7. The zero-order valence-electron chi connectivity index (χ0n) is 21.1. The van der Waals surface area contributed by atoms with E-state index in [1.807, 2.05) is 0 Å². The lowest BCUT2D eigenvalue weighted by Gasteiger charge is -2.34. The number of ketones is 4. The van der Waals surface area contributed by atoms with Crippen molar-refractivity contribution in [2.75, 3.05) is 0 Å². The monoisotopic (exact) mass is 607 g/mol. The van der Waals surface area contributed by atoms with E-state index in [1.165, 1.54) is 48.5 Å². The number of hydrogen-bond donors (Lipinski definition) is 0. The van der Waals surface area contributed by atoms with Gasteiger partial charge in [-0.15, -0.1) is 0 Å². The molecule has 0 radical (unpaired) electrons. The minimum atomic E-state index is -2.32. The third kappa shape index (κ3) is 3.13. The molecule has 2 unspecified atom stereocenters. The van der Waals surface area contributed by atoms with Crippen molar-refractivity contribution in [2.45, 2.75) is 17.6 Å². The molecule has 1 fully saturated rings. The number of fused-ring (bicyclic) bond motifs is 2. The molecule has 0 saturated carbocycles. The van der Waals surface area contributed by atoms with Crippen molar-refractivity contribution in [1.29, 1.82) is 0 Å². The van der Waals surface area contributed by atoms with Gasteiger partial charge in [-0.25, -0.2) is 0 Å². The summed E-state index contributed by atoms with van der Waals surface area (Å²) in [5.74, 6) is -4.08. The molecule has 3 aliphatic rings. The smallest absolute Gasteiger partial charge is 0.269 e. The van der Waals surface area contributed by atoms with E-state index in [2.05, 4.69) is 15.9 Å². The Morgan fingerprint density at radius 2 is 1.17 bits per heavy atom. The number of carbonyl (C=O) groups is 4. The van der Waals surface area contributed by atoms with Crippen molar-refractivity contribution in [2.24, 2.45) is 5.41 Å². The predicted molar refractivity (Wildman–Crippen MR) is 149 cm³/mol. The number of non-ortho nitro benzene ring substituents is 1. The summed E-state index contributed by atoms with van der Waals surface area (Å²) in [6.45, 7) is 0. The molecule has 2 atom stereocenters. The Hall–Kier alpha value is -4.60. The third-order valence-electron chi connectivity index (χ3n) is 8.43. The summed E-state index contributed by atoms with van der Waals surface area (Å²) >= 11 is 3.40. The van der Waals surface area contributed by atoms with Gasteiger partial charge in [-0.2, -0.15) is 0 Å². The van der Waals surface area contributed by atoms with Gasteiger partial charge in [0.15, 0.2) is 11.6 Å². The minimum Gasteiger partial charge on any atom is -0.348 e. The average Bonchev–Trinajstić information content (AvgIpc) is 3.51. The van der Waals surface area contributed by atoms with Crippen LogP contribution in [0, 0.1) is 15.5 Å². The molecule has 4 aromatic rings. The summed E-state index contributed by atoms with van der Waals surface area (Å²) in [4.78, 5) is 69.3. The molecule has 41 heavy (non-hydrogen) atoms. The second-order valence-corrected chi connectivity index (χ2v) is 11.3. The molecule has 9 heteroatoms. The Morgan fingerprint density at radius 1 is 0.659 bits per heavy atom. The van der Waals surface area contributed by atoms with Gasteiger partial charge in [0.25, 0.3) is 5.69 Å². The van der Waals surface area contributed by atoms with Crippen LogP contribution in [0.25, 0.3) is 0 Å². The van der Waals surface area contributed by atoms with Crippen molar-refractivity contribution in [3.8, 4) is 0 Å². The van der Waals surface area contributed by atoms with E-state index in [0.717, 1.165) is 4.47 Å². The van der Waals surface area contributed by atoms with Gasteiger partial charge in [0.1, 0.15) is 11.5 Å². The first-order valence-corrected chi connectivity index (χ1v) is 13.6. The van der Waals surface area contributed by atoms with Crippen molar-refractivity contribution in [3.63, 3.8) is 0 Å². The van der Waals surface area contributed by atoms with Crippen LogP contribution in [0.5, 0.6) is 0 Å². The Bertz CT molecular complexity index is 1790. The Balaban J connectivity index is 1.60. The number of nitrogens with zero attached hydrogens (tertiary/aromatic N) is 1. The van der Waals surface area contributed by atoms with Crippen molar-refractivity contribution in [3.05, 3.63) is 145 Å². The molecule has 0 amide bonds. The van der Waals surface area contributed by atoms with Gasteiger partial charge >= 0.3 is 0 Å². The number of Topliss-reactive ketones (excluding diaryl/α,β-unsaturated/α-hetero) is 4. The Kier molecular flexibility index (Phi) is 5.38. The maximum Gasteiger partial charge on any atom is 0.269 e. The van der Waals surface area contributed by atoms with E-state index < -0.39 is 51.1 Å². The summed E-state index contributed by atoms with van der Waals surface area (Å²) < 4.78 is 7.32. The molecule has 0 N–H and O–H groups in total. The molecule has 1 aliphatic heterocycles. The third-order valence-corrected chi connectivity index (χ3v) is 8.95. The molecule has 8 nitrogen and oxygen atoms in total. The number of benzene rings is 4. The maximum absolute atomic E-state index is 14.6. The van der Waals surface area contributed by atoms with Gasteiger partial charge in [-0.1, -0.05) is 88.7 Å². The fourth-order valence-electron chi connectivity index (χ4n) is 6.78. The van der Waals surface area contributed by atoms with Gasteiger partial charge in [0.05, 0.1) is 10.8 Å². The fraction of sp³-hybridized carbons (Fsp3) is 0.125. The number of carbonyl (C=O) groups excluding carboxylic acids is 4. The van der Waals surface area contributed by atoms with Crippen molar-refractivity contribution in [1.82, 2.24) is 0 Å². The van der Waals surface area contributed by atoms with E-state index in [-0.39, 0.29) is 33.5 Å². The van der Waals surface area contributed by atoms with Crippen molar-refractivity contribution >= 4 is 44.8 Å². The van der Waals surface area contributed by atoms with Crippen LogP contribution in [0.1, 0.15) is 64.6 Å². The highest BCUT2D eigenvalue weighted by Gasteiger charge is 2.79. The van der Waals surface area contributed by atoms with Crippen LogP contribution in [0.4, 0.5) is 5.69 Å². The molecule has 200 valence electrons. The van der Waals surface area contributed by atoms with Crippen LogP contribution in [0.15, 0.2) is 102 Å². The lowest BCUT2D eigenvalue weighted by Crippen LogP contribution is -2.51. The van der Waals surface area contributed by atoms with Gasteiger partial charge < -0.3 is 4.74 Å². The van der Waals surface area contributed by atoms with Gasteiger partial charge in [0.2, 0.25) is 17.2 Å². The summed E-state index contributed by atoms with van der Waals surface area (Å²) in [5.41, 5.74) is -3.70. The lowest BCUT2D eigenvalue weighted by atomic mass is 9.60. The normalized spacial score (nSPS) is 21.5. The Morgan fingerprint density at radius 3 is 1.68 bits per heavy atom. The van der Waals surface area contributed by atoms with Crippen LogP contribution < -0.4 is 0 Å². The second-order valence-electron chi connectivity index (χ2n) is 10.3. The quantitative estimate of drug-likeness (QED) is 0.157. The van der Waals surface area contributed by atoms with Crippen LogP contribution in [0.3, 0.4) is 0 Å². The molecule has 1 saturated heterocycles. The topological polar surface area (TPSA) is 121 Å². The second kappa shape index (κ2) is 8.70. The summed E-state index contributed by atoms with van der Waals surface area (Å²) in [6.07, 6.45) is -1.35. The molecular weight excluding hydrogens is 590 g/mol. The van der Waals surface area contributed by atoms with E-state index in [4.69, 9.17) is 4.74 Å². The predicted octanol–water partition coefficient (Wildman–Crippen LogP) is 6.10. The maximum atomic E-state index is 14.6. The van der Waals surface area contributed by atoms with Crippen LogP contribution >= 0.6 is 15.9 Å². The van der Waals surface area contributed by atoms with E-state index >= 15 is 0 Å². The fourth-order valence-corrected chi connectivity index (χ4v) is 7.05. The molecule has 1 heterocycles. The highest BCUT2D eigenvalue weighted by Crippen LogP contribution is 2.68. The minimum absolute atomic E-state index is 0.106. The SMILES string of the molecule is O=C1c2ccccc2C(=O)C12OC(c1ccc(Br)cc1)C1(C(=O)c3ccccc3C1=O)C2c1cccc([N+](=O)[O-])c1. The molecule has 0 aromatic heterocycles. The van der Waals surface area contributed by atoms with Crippen LogP contribution in [-0.4, -0.2) is 33.7 Å². The van der Waals surface area contributed by atoms with Crippen LogP contribution in [0.2, 0.25) is 0 Å². The molecule has 7 rings (SSSR count). The Labute approximate surface area is 241 Å². The average molecular weight is 608 g/mol. The van der Waals surface area contributed by atoms with Crippen molar-refractivity contribution < 1.29 is 28.8 Å².